The first kappa shape index (κ1) is 25.6. The van der Waals surface area contributed by atoms with E-state index in [2.05, 4.69) is 11.9 Å². The number of nitrogens with zero attached hydrogens (tertiary/aromatic N) is 3. The number of hydrogen-bond donors (Lipinski definition) is 0. The maximum absolute atomic E-state index is 13.4. The summed E-state index contributed by atoms with van der Waals surface area (Å²) in [6, 6.07) is 4.04. The Morgan fingerprint density at radius 2 is 1.34 bits per heavy atom. The Hall–Kier alpha value is -1.39. The number of amides is 2. The minimum absolute atomic E-state index is 0.0692. The summed E-state index contributed by atoms with van der Waals surface area (Å²) >= 11 is 0.172. The van der Waals surface area contributed by atoms with Crippen LogP contribution in [0.2, 0.25) is 5.32 Å². The molecule has 5 nitrogen and oxygen atoms in total. The predicted octanol–water partition coefficient (Wildman–Crippen LogP) is 4.15. The first-order chi connectivity index (χ1) is 13.5. The van der Waals surface area contributed by atoms with E-state index in [1.54, 1.807) is 6.07 Å². The second-order valence-electron chi connectivity index (χ2n) is 8.55. The van der Waals surface area contributed by atoms with Crippen molar-refractivity contribution in [3.05, 3.63) is 23.5 Å². The van der Waals surface area contributed by atoms with E-state index >= 15 is 0 Å². The van der Waals surface area contributed by atoms with Gasteiger partial charge in [-0.05, 0) is 0 Å². The molecule has 1 aromatic rings. The average molecular weight is 469 g/mol. The Labute approximate surface area is 183 Å². The summed E-state index contributed by atoms with van der Waals surface area (Å²) in [7, 11) is 0. The molecule has 0 saturated carbocycles. The topological polar surface area (TPSA) is 53.5 Å². The van der Waals surface area contributed by atoms with Crippen molar-refractivity contribution in [3.63, 3.8) is 0 Å². The standard InChI is InChI=1S/C23H39N3O2Se/c1-10-11-14-29-20-13-12-19(22(27)25(15(2)3)16(4)5)24-21(20)23(28)26(17(6)7)18(8)9/h12-13,15-18H,10-11,14H2,1-9H3. The molecule has 0 aromatic carbocycles. The van der Waals surface area contributed by atoms with E-state index in [0.717, 1.165) is 22.6 Å². The van der Waals surface area contributed by atoms with Gasteiger partial charge >= 0.3 is 184 Å². The van der Waals surface area contributed by atoms with E-state index in [1.165, 1.54) is 0 Å². The van der Waals surface area contributed by atoms with Crippen LogP contribution < -0.4 is 4.46 Å². The monoisotopic (exact) mass is 469 g/mol. The third-order valence-electron chi connectivity index (χ3n) is 4.73. The molecule has 1 rings (SSSR count). The molecule has 6 heteroatoms. The molecule has 0 aliphatic heterocycles. The molecule has 0 aliphatic carbocycles. The first-order valence-corrected chi connectivity index (χ1v) is 12.9. The predicted molar refractivity (Wildman–Crippen MR) is 122 cm³/mol. The third-order valence-corrected chi connectivity index (χ3v) is 7.11. The number of aromatic nitrogens is 1. The van der Waals surface area contributed by atoms with Crippen LogP contribution in [-0.4, -0.2) is 65.7 Å². The Morgan fingerprint density at radius 1 is 0.862 bits per heavy atom. The Kier molecular flexibility index (Phi) is 10.4. The Morgan fingerprint density at radius 3 is 1.79 bits per heavy atom. The quantitative estimate of drug-likeness (QED) is 0.383. The van der Waals surface area contributed by atoms with Crippen molar-refractivity contribution in [2.24, 2.45) is 0 Å². The van der Waals surface area contributed by atoms with E-state index in [4.69, 9.17) is 0 Å². The van der Waals surface area contributed by atoms with Gasteiger partial charge in [0.1, 0.15) is 0 Å². The van der Waals surface area contributed by atoms with Crippen molar-refractivity contribution in [2.75, 3.05) is 0 Å². The first-order valence-electron chi connectivity index (χ1n) is 10.8. The molecule has 164 valence electrons. The van der Waals surface area contributed by atoms with E-state index in [9.17, 15) is 9.59 Å². The van der Waals surface area contributed by atoms with Gasteiger partial charge in [-0.15, -0.1) is 0 Å². The molecule has 0 bridgehead atoms. The molecule has 0 aliphatic rings. The van der Waals surface area contributed by atoms with Crippen molar-refractivity contribution >= 4 is 31.2 Å². The molecule has 2 amide bonds. The Balaban J connectivity index is 3.42. The van der Waals surface area contributed by atoms with Crippen molar-refractivity contribution in [3.8, 4) is 0 Å². The molecule has 0 fully saturated rings. The SMILES string of the molecule is CCCC[Se]c1ccc(C(=O)N(C(C)C)C(C)C)nc1C(=O)N(C(C)C)C(C)C. The van der Waals surface area contributed by atoms with Crippen LogP contribution in [0, 0.1) is 0 Å². The zero-order valence-corrected chi connectivity index (χ0v) is 21.4. The van der Waals surface area contributed by atoms with Gasteiger partial charge in [0.05, 0.1) is 0 Å². The molecular formula is C23H39N3O2Se. The van der Waals surface area contributed by atoms with Crippen LogP contribution in [0.3, 0.4) is 0 Å². The van der Waals surface area contributed by atoms with Gasteiger partial charge < -0.3 is 0 Å². The van der Waals surface area contributed by atoms with Crippen LogP contribution in [0.4, 0.5) is 0 Å². The fraction of sp³-hybridized carbons (Fsp3) is 0.696. The summed E-state index contributed by atoms with van der Waals surface area (Å²) in [6.07, 6.45) is 2.28. The molecule has 0 unspecified atom stereocenters. The van der Waals surface area contributed by atoms with Gasteiger partial charge in [-0.2, -0.15) is 0 Å². The molecule has 0 saturated heterocycles. The fourth-order valence-electron chi connectivity index (χ4n) is 3.55. The van der Waals surface area contributed by atoms with Gasteiger partial charge in [-0.3, -0.25) is 0 Å². The van der Waals surface area contributed by atoms with Crippen LogP contribution in [0.25, 0.3) is 0 Å². The summed E-state index contributed by atoms with van der Waals surface area (Å²) in [4.78, 5) is 34.9. The van der Waals surface area contributed by atoms with Crippen LogP contribution in [0.5, 0.6) is 0 Å². The number of rotatable bonds is 10. The van der Waals surface area contributed by atoms with Gasteiger partial charge in [-0.25, -0.2) is 0 Å². The van der Waals surface area contributed by atoms with E-state index in [0.29, 0.717) is 11.4 Å². The summed E-state index contributed by atoms with van der Waals surface area (Å²) in [6.45, 7) is 18.3. The summed E-state index contributed by atoms with van der Waals surface area (Å²) in [5.74, 6) is -0.184. The van der Waals surface area contributed by atoms with Crippen LogP contribution >= 0.6 is 0 Å². The molecule has 1 heterocycles. The maximum atomic E-state index is 13.4. The second-order valence-corrected chi connectivity index (χ2v) is 10.9. The number of carbonyl (C=O) groups is 2. The number of carbonyl (C=O) groups excluding carboxylic acids is 2. The van der Waals surface area contributed by atoms with Gasteiger partial charge in [0.15, 0.2) is 0 Å². The van der Waals surface area contributed by atoms with E-state index in [-0.39, 0.29) is 50.9 Å². The summed E-state index contributed by atoms with van der Waals surface area (Å²) < 4.78 is 0.999. The molecule has 0 radical (unpaired) electrons. The third kappa shape index (κ3) is 6.82. The summed E-state index contributed by atoms with van der Waals surface area (Å²) in [5.41, 5.74) is 0.820. The number of pyridine rings is 1. The average Bonchev–Trinajstić information content (AvgIpc) is 2.60. The van der Waals surface area contributed by atoms with E-state index in [1.807, 2.05) is 71.3 Å². The zero-order chi connectivity index (χ0) is 22.3. The Bertz CT molecular complexity index is 671. The minimum atomic E-state index is -0.114. The van der Waals surface area contributed by atoms with Gasteiger partial charge in [0.25, 0.3) is 0 Å². The number of hydrogen-bond acceptors (Lipinski definition) is 3. The molecular weight excluding hydrogens is 429 g/mol. The van der Waals surface area contributed by atoms with Crippen molar-refractivity contribution in [1.82, 2.24) is 14.8 Å². The molecule has 29 heavy (non-hydrogen) atoms. The molecule has 0 atom stereocenters. The molecule has 0 N–H and O–H groups in total. The van der Waals surface area contributed by atoms with Gasteiger partial charge in [-0.1, -0.05) is 0 Å². The van der Waals surface area contributed by atoms with Crippen molar-refractivity contribution in [1.29, 1.82) is 0 Å². The zero-order valence-electron chi connectivity index (χ0n) is 19.7. The van der Waals surface area contributed by atoms with Crippen molar-refractivity contribution < 1.29 is 9.59 Å². The molecule has 1 aromatic heterocycles. The number of unbranched alkanes of at least 4 members (excludes halogenated alkanes) is 1. The van der Waals surface area contributed by atoms with Gasteiger partial charge in [0, 0.05) is 0 Å². The van der Waals surface area contributed by atoms with Crippen LogP contribution in [0.15, 0.2) is 12.1 Å². The van der Waals surface area contributed by atoms with E-state index < -0.39 is 0 Å². The normalized spacial score (nSPS) is 11.6. The van der Waals surface area contributed by atoms with Crippen molar-refractivity contribution in [2.45, 2.75) is 105 Å². The van der Waals surface area contributed by atoms with Gasteiger partial charge in [0.2, 0.25) is 0 Å². The summed E-state index contributed by atoms with van der Waals surface area (Å²) in [5, 5.41) is 1.08. The second kappa shape index (κ2) is 11.7. The van der Waals surface area contributed by atoms with Crippen LogP contribution in [-0.2, 0) is 0 Å². The van der Waals surface area contributed by atoms with Crippen LogP contribution in [0.1, 0.15) is 96.1 Å². The fourth-order valence-corrected chi connectivity index (χ4v) is 5.83. The molecule has 0 spiro atoms.